The number of ketones is 1. The van der Waals surface area contributed by atoms with E-state index in [0.29, 0.717) is 19.4 Å². The first-order chi connectivity index (χ1) is 21.1. The van der Waals surface area contributed by atoms with Gasteiger partial charge in [0, 0.05) is 43.8 Å². The normalized spacial score (nSPS) is 23.8. The van der Waals surface area contributed by atoms with Gasteiger partial charge in [-0.2, -0.15) is 0 Å². The molecule has 1 aliphatic heterocycles. The molecule has 1 aliphatic rings. The van der Waals surface area contributed by atoms with Crippen LogP contribution in [0.25, 0.3) is 0 Å². The van der Waals surface area contributed by atoms with Crippen LogP contribution in [0, 0.1) is 29.6 Å². The molecular weight excluding hydrogens is 580 g/mol. The highest BCUT2D eigenvalue weighted by atomic mass is 28.4. The Hall–Kier alpha value is -2.16. The Bertz CT molecular complexity index is 1170. The number of hydrogen-bond acceptors (Lipinski definition) is 6. The third-order valence-electron chi connectivity index (χ3n) is 9.83. The molecule has 0 amide bonds. The van der Waals surface area contributed by atoms with E-state index >= 15 is 0 Å². The lowest BCUT2D eigenvalue weighted by Gasteiger charge is -2.48. The summed E-state index contributed by atoms with van der Waals surface area (Å²) >= 11 is 0. The molecule has 3 rings (SSSR count). The fraction of sp³-hybridized carbons (Fsp3) is 0.632. The molecule has 2 aromatic carbocycles. The Morgan fingerprint density at radius 3 is 1.91 bits per heavy atom. The summed E-state index contributed by atoms with van der Waals surface area (Å²) in [6.45, 7) is 21.3. The maximum absolute atomic E-state index is 13.6. The van der Waals surface area contributed by atoms with Gasteiger partial charge in [0.1, 0.15) is 12.1 Å². The second kappa shape index (κ2) is 15.6. The molecule has 6 nitrogen and oxygen atoms in total. The van der Waals surface area contributed by atoms with E-state index in [1.165, 1.54) is 10.4 Å². The summed E-state index contributed by atoms with van der Waals surface area (Å²) in [7, 11) is -1.00. The molecule has 1 fully saturated rings. The van der Waals surface area contributed by atoms with Crippen molar-refractivity contribution < 1.29 is 28.2 Å². The summed E-state index contributed by atoms with van der Waals surface area (Å²) < 4.78 is 25.7. The fourth-order valence-corrected chi connectivity index (χ4v) is 12.0. The van der Waals surface area contributed by atoms with Gasteiger partial charge in [-0.3, -0.25) is 4.79 Å². The second-order valence-corrected chi connectivity index (χ2v) is 19.1. The predicted octanol–water partition coefficient (Wildman–Crippen LogP) is 6.83. The van der Waals surface area contributed by atoms with Crippen LogP contribution in [0.4, 0.5) is 0 Å². The van der Waals surface area contributed by atoms with Gasteiger partial charge >= 0.3 is 0 Å². The summed E-state index contributed by atoms with van der Waals surface area (Å²) in [5.41, 5.74) is 0. The van der Waals surface area contributed by atoms with Crippen molar-refractivity contribution in [1.82, 2.24) is 0 Å². The van der Waals surface area contributed by atoms with Crippen LogP contribution in [0.5, 0.6) is 0 Å². The van der Waals surface area contributed by atoms with Gasteiger partial charge in [0.2, 0.25) is 0 Å². The summed E-state index contributed by atoms with van der Waals surface area (Å²) in [6, 6.07) is 21.3. The molecule has 0 aromatic heterocycles. The highest BCUT2D eigenvalue weighted by Gasteiger charge is 2.51. The zero-order valence-electron chi connectivity index (χ0n) is 29.5. The molecule has 0 N–H and O–H groups in total. The van der Waals surface area contributed by atoms with Crippen LogP contribution in [-0.4, -0.2) is 58.2 Å². The van der Waals surface area contributed by atoms with Crippen LogP contribution >= 0.6 is 0 Å². The number of benzene rings is 2. The molecule has 2 aromatic rings. The van der Waals surface area contributed by atoms with E-state index in [4.69, 9.17) is 18.6 Å². The van der Waals surface area contributed by atoms with Crippen molar-refractivity contribution in [2.75, 3.05) is 13.7 Å². The van der Waals surface area contributed by atoms with Gasteiger partial charge in [-0.25, -0.2) is 0 Å². The topological polar surface area (TPSA) is 71.1 Å². The van der Waals surface area contributed by atoms with E-state index in [2.05, 4.69) is 90.1 Å². The molecular formula is C38H58O6Si. The van der Waals surface area contributed by atoms with Crippen molar-refractivity contribution >= 4 is 30.8 Å². The molecule has 1 heterocycles. The van der Waals surface area contributed by atoms with Crippen molar-refractivity contribution in [1.29, 1.82) is 0 Å². The molecule has 0 unspecified atom stereocenters. The van der Waals surface area contributed by atoms with Crippen LogP contribution in [0.1, 0.15) is 82.1 Å². The number of carbonyl (C=O) groups excluding carboxylic acids is 2. The maximum atomic E-state index is 13.6. The first kappa shape index (κ1) is 37.3. The SMILES string of the molecule is CO[C@H]([C@H](C)CO[Si](c1ccccc1)(c1ccccc1)C(C)(C)C)[C@@H](C)C(=O)CC[C@H](C)[C@@H]1OC(C)(C)O[C@@H]([C@@H](C)C=O)[C@H]1C. The average Bonchev–Trinajstić information content (AvgIpc) is 3.01. The third-order valence-corrected chi connectivity index (χ3v) is 14.8. The van der Waals surface area contributed by atoms with Crippen molar-refractivity contribution in [2.24, 2.45) is 29.6 Å². The van der Waals surface area contributed by atoms with E-state index in [1.807, 2.05) is 39.8 Å². The fourth-order valence-electron chi connectivity index (χ4n) is 7.37. The highest BCUT2D eigenvalue weighted by molar-refractivity contribution is 6.99. The van der Waals surface area contributed by atoms with Crippen LogP contribution in [0.2, 0.25) is 5.04 Å². The predicted molar refractivity (Wildman–Crippen MR) is 184 cm³/mol. The van der Waals surface area contributed by atoms with E-state index in [0.717, 1.165) is 6.29 Å². The smallest absolute Gasteiger partial charge is 0.261 e. The van der Waals surface area contributed by atoms with E-state index in [9.17, 15) is 9.59 Å². The molecule has 0 aliphatic carbocycles. The van der Waals surface area contributed by atoms with Gasteiger partial charge in [0.25, 0.3) is 8.32 Å². The Morgan fingerprint density at radius 2 is 1.44 bits per heavy atom. The average molecular weight is 639 g/mol. The maximum Gasteiger partial charge on any atom is 0.261 e. The van der Waals surface area contributed by atoms with Crippen molar-refractivity contribution in [3.05, 3.63) is 60.7 Å². The Balaban J connectivity index is 1.73. The van der Waals surface area contributed by atoms with Crippen LogP contribution in [0.3, 0.4) is 0 Å². The van der Waals surface area contributed by atoms with Gasteiger partial charge in [-0.1, -0.05) is 116 Å². The first-order valence-corrected chi connectivity index (χ1v) is 18.6. The third kappa shape index (κ3) is 8.61. The largest absolute Gasteiger partial charge is 0.407 e. The summed E-state index contributed by atoms with van der Waals surface area (Å²) in [5, 5.41) is 2.34. The minimum atomic E-state index is -2.70. The molecule has 7 heteroatoms. The minimum Gasteiger partial charge on any atom is -0.407 e. The van der Waals surface area contributed by atoms with Crippen LogP contribution < -0.4 is 10.4 Å². The second-order valence-electron chi connectivity index (χ2n) is 14.8. The number of Topliss-reactive ketones (excluding diaryl/α,β-unsaturated/α-hetero) is 1. The van der Waals surface area contributed by atoms with E-state index in [-0.39, 0.29) is 58.7 Å². The lowest BCUT2D eigenvalue weighted by molar-refractivity contribution is -0.332. The zero-order chi connectivity index (χ0) is 33.6. The molecule has 0 bridgehead atoms. The monoisotopic (exact) mass is 638 g/mol. The minimum absolute atomic E-state index is 0.00161. The Kier molecular flexibility index (Phi) is 12.9. The Morgan fingerprint density at radius 1 is 0.933 bits per heavy atom. The number of aldehydes is 1. The number of methoxy groups -OCH3 is 1. The number of ether oxygens (including phenoxy) is 3. The zero-order valence-corrected chi connectivity index (χ0v) is 30.5. The molecule has 0 spiro atoms. The van der Waals surface area contributed by atoms with E-state index < -0.39 is 14.1 Å². The summed E-state index contributed by atoms with van der Waals surface area (Å²) in [4.78, 5) is 25.2. The first-order valence-electron chi connectivity index (χ1n) is 16.7. The van der Waals surface area contributed by atoms with Gasteiger partial charge in [-0.15, -0.1) is 0 Å². The molecule has 45 heavy (non-hydrogen) atoms. The van der Waals surface area contributed by atoms with Gasteiger partial charge in [0.05, 0.1) is 18.3 Å². The van der Waals surface area contributed by atoms with Gasteiger partial charge < -0.3 is 23.4 Å². The molecule has 1 saturated heterocycles. The molecule has 8 atom stereocenters. The number of carbonyl (C=O) groups is 2. The lowest BCUT2D eigenvalue weighted by Crippen LogP contribution is -2.67. The summed E-state index contributed by atoms with van der Waals surface area (Å²) in [5.74, 6) is -0.960. The lowest BCUT2D eigenvalue weighted by atomic mass is 9.80. The summed E-state index contributed by atoms with van der Waals surface area (Å²) in [6.07, 6.45) is 1.48. The van der Waals surface area contributed by atoms with Crippen molar-refractivity contribution in [2.45, 2.75) is 111 Å². The standard InChI is InChI=1S/C38H58O6Si/c1-26(35-30(5)36(27(2)24-39)44-38(9,10)43-35)22-23-33(40)29(4)34(41-11)28(3)25-42-45(37(6,7)8,31-18-14-12-15-19-31)32-20-16-13-17-21-32/h12-21,24,26-30,34-36H,22-23,25H2,1-11H3/t26-,27-,28+,29-,30-,34+,35-,36-/m0/s1. The molecule has 0 saturated carbocycles. The van der Waals surface area contributed by atoms with Crippen LogP contribution in [-0.2, 0) is 28.2 Å². The quantitative estimate of drug-likeness (QED) is 0.157. The Labute approximate surface area is 273 Å². The highest BCUT2D eigenvalue weighted by Crippen LogP contribution is 2.39. The van der Waals surface area contributed by atoms with Crippen molar-refractivity contribution in [3.63, 3.8) is 0 Å². The van der Waals surface area contributed by atoms with Gasteiger partial charge in [0.15, 0.2) is 5.79 Å². The van der Waals surface area contributed by atoms with Crippen molar-refractivity contribution in [3.8, 4) is 0 Å². The number of rotatable bonds is 15. The van der Waals surface area contributed by atoms with Gasteiger partial charge in [-0.05, 0) is 41.6 Å². The van der Waals surface area contributed by atoms with Crippen LogP contribution in [0.15, 0.2) is 60.7 Å². The number of hydrogen-bond donors (Lipinski definition) is 0. The van der Waals surface area contributed by atoms with E-state index in [1.54, 1.807) is 7.11 Å². The molecule has 250 valence electrons. The molecule has 0 radical (unpaired) electrons.